The van der Waals surface area contributed by atoms with Gasteiger partial charge in [0.15, 0.2) is 0 Å². The van der Waals surface area contributed by atoms with Crippen molar-refractivity contribution in [3.63, 3.8) is 0 Å². The Morgan fingerprint density at radius 2 is 2.07 bits per heavy atom. The van der Waals surface area contributed by atoms with Crippen LogP contribution in [0, 0.1) is 5.82 Å². The summed E-state index contributed by atoms with van der Waals surface area (Å²) in [6.07, 6.45) is 0. The Hall–Kier alpha value is -1.14. The van der Waals surface area contributed by atoms with Crippen LogP contribution in [0.3, 0.4) is 0 Å². The van der Waals surface area contributed by atoms with Crippen LogP contribution < -0.4 is 5.73 Å². The lowest BCUT2D eigenvalue weighted by molar-refractivity contribution is 0.485. The highest BCUT2D eigenvalue weighted by atomic mass is 32.2. The van der Waals surface area contributed by atoms with Gasteiger partial charge < -0.3 is 5.73 Å². The fourth-order valence-electron chi connectivity index (χ4n) is 1.02. The number of rotatable bonds is 3. The van der Waals surface area contributed by atoms with Gasteiger partial charge in [0.25, 0.3) is 0 Å². The highest BCUT2D eigenvalue weighted by Gasteiger charge is 2.20. The van der Waals surface area contributed by atoms with E-state index >= 15 is 0 Å². The number of halogens is 1. The number of hydrogen-bond acceptors (Lipinski definition) is 3. The van der Waals surface area contributed by atoms with Crippen LogP contribution >= 0.6 is 0 Å². The molecule has 2 N–H and O–H groups in total. The zero-order valence-electron chi connectivity index (χ0n) is 8.57. The number of anilines is 1. The Bertz CT molecular complexity index is 459. The summed E-state index contributed by atoms with van der Waals surface area (Å²) in [5.41, 5.74) is 5.20. The van der Waals surface area contributed by atoms with Crippen LogP contribution in [0.5, 0.6) is 0 Å². The maximum atomic E-state index is 13.1. The molecule has 1 rings (SSSR count). The number of hydrogen-bond donors (Lipinski definition) is 1. The van der Waals surface area contributed by atoms with Gasteiger partial charge in [-0.25, -0.2) is 17.1 Å². The third-order valence-corrected chi connectivity index (χ3v) is 4.05. The van der Waals surface area contributed by atoms with Gasteiger partial charge in [-0.2, -0.15) is 0 Å². The summed E-state index contributed by atoms with van der Waals surface area (Å²) in [4.78, 5) is -0.0847. The minimum atomic E-state index is -3.59. The van der Waals surface area contributed by atoms with Crippen molar-refractivity contribution in [2.75, 3.05) is 19.3 Å². The van der Waals surface area contributed by atoms with E-state index in [0.29, 0.717) is 6.54 Å². The van der Waals surface area contributed by atoms with Gasteiger partial charge in [-0.05, 0) is 18.2 Å². The Kier molecular flexibility index (Phi) is 3.31. The Labute approximate surface area is 88.6 Å². The van der Waals surface area contributed by atoms with E-state index in [1.807, 2.05) is 0 Å². The minimum Gasteiger partial charge on any atom is -0.396 e. The summed E-state index contributed by atoms with van der Waals surface area (Å²) < 4.78 is 37.7. The van der Waals surface area contributed by atoms with Crippen molar-refractivity contribution < 1.29 is 12.8 Å². The van der Waals surface area contributed by atoms with Crippen molar-refractivity contribution in [3.8, 4) is 0 Å². The van der Waals surface area contributed by atoms with Gasteiger partial charge in [-0.1, -0.05) is 6.92 Å². The maximum Gasteiger partial charge on any atom is 0.242 e. The molecule has 0 aliphatic carbocycles. The van der Waals surface area contributed by atoms with Crippen molar-refractivity contribution >= 4 is 15.7 Å². The largest absolute Gasteiger partial charge is 0.396 e. The highest BCUT2D eigenvalue weighted by molar-refractivity contribution is 7.89. The second-order valence-corrected chi connectivity index (χ2v) is 5.15. The molecule has 0 spiro atoms. The van der Waals surface area contributed by atoms with Crippen molar-refractivity contribution in [1.29, 1.82) is 0 Å². The summed E-state index contributed by atoms with van der Waals surface area (Å²) in [5.74, 6) is -0.722. The Balaban J connectivity index is 3.23. The molecule has 15 heavy (non-hydrogen) atoms. The second-order valence-electron chi connectivity index (χ2n) is 3.10. The Morgan fingerprint density at radius 3 is 2.53 bits per heavy atom. The number of nitrogen functional groups attached to an aromatic ring is 1. The summed E-state index contributed by atoms with van der Waals surface area (Å²) in [6, 6.07) is 3.46. The summed E-state index contributed by atoms with van der Waals surface area (Å²) in [7, 11) is -2.16. The van der Waals surface area contributed by atoms with E-state index < -0.39 is 15.8 Å². The van der Waals surface area contributed by atoms with Gasteiger partial charge in [-0.3, -0.25) is 0 Å². The first kappa shape index (κ1) is 11.9. The molecular weight excluding hydrogens is 219 g/mol. The van der Waals surface area contributed by atoms with Crippen LogP contribution in [0.4, 0.5) is 10.1 Å². The van der Waals surface area contributed by atoms with Gasteiger partial charge in [-0.15, -0.1) is 0 Å². The van der Waals surface area contributed by atoms with Crippen LogP contribution in [0.1, 0.15) is 6.92 Å². The first-order chi connectivity index (χ1) is 6.89. The molecule has 0 aliphatic rings. The van der Waals surface area contributed by atoms with Crippen LogP contribution in [0.15, 0.2) is 23.1 Å². The second kappa shape index (κ2) is 4.16. The van der Waals surface area contributed by atoms with Crippen LogP contribution in [0.2, 0.25) is 0 Å². The van der Waals surface area contributed by atoms with Crippen LogP contribution in [0.25, 0.3) is 0 Å². The molecule has 1 aromatic rings. The molecular formula is C9H13FN2O2S. The summed E-state index contributed by atoms with van der Waals surface area (Å²) >= 11 is 0. The first-order valence-electron chi connectivity index (χ1n) is 4.41. The van der Waals surface area contributed by atoms with E-state index in [1.54, 1.807) is 6.92 Å². The molecule has 84 valence electrons. The molecule has 0 radical (unpaired) electrons. The minimum absolute atomic E-state index is 0.0619. The molecule has 0 bridgehead atoms. The van der Waals surface area contributed by atoms with Crippen molar-refractivity contribution in [2.24, 2.45) is 0 Å². The maximum absolute atomic E-state index is 13.1. The number of benzene rings is 1. The zero-order valence-corrected chi connectivity index (χ0v) is 9.38. The predicted octanol–water partition coefficient (Wildman–Crippen LogP) is 1.05. The third-order valence-electron chi connectivity index (χ3n) is 2.13. The van der Waals surface area contributed by atoms with Gasteiger partial charge >= 0.3 is 0 Å². The molecule has 0 atom stereocenters. The van der Waals surface area contributed by atoms with Crippen molar-refractivity contribution in [2.45, 2.75) is 11.8 Å². The molecule has 1 aromatic carbocycles. The number of nitrogens with two attached hydrogens (primary N) is 1. The lowest BCUT2D eigenvalue weighted by Crippen LogP contribution is -2.26. The van der Waals surface area contributed by atoms with Crippen LogP contribution in [-0.4, -0.2) is 26.3 Å². The molecule has 0 fully saturated rings. The normalized spacial score (nSPS) is 12.0. The van der Waals surface area contributed by atoms with Gasteiger partial charge in [0.2, 0.25) is 10.0 Å². The zero-order chi connectivity index (χ0) is 11.6. The predicted molar refractivity (Wildman–Crippen MR) is 56.3 cm³/mol. The monoisotopic (exact) mass is 232 g/mol. The quantitative estimate of drug-likeness (QED) is 0.792. The molecule has 0 amide bonds. The molecule has 6 heteroatoms. The van der Waals surface area contributed by atoms with Gasteiger partial charge in [0, 0.05) is 13.6 Å². The van der Waals surface area contributed by atoms with Gasteiger partial charge in [0.1, 0.15) is 5.82 Å². The van der Waals surface area contributed by atoms with E-state index in [4.69, 9.17) is 5.73 Å². The number of sulfonamides is 1. The number of nitrogens with zero attached hydrogens (tertiary/aromatic N) is 1. The third kappa shape index (κ3) is 2.27. The van der Waals surface area contributed by atoms with Crippen LogP contribution in [-0.2, 0) is 10.0 Å². The topological polar surface area (TPSA) is 63.4 Å². The fourth-order valence-corrected chi connectivity index (χ4v) is 2.21. The molecule has 0 saturated heterocycles. The van der Waals surface area contributed by atoms with E-state index in [2.05, 4.69) is 0 Å². The smallest absolute Gasteiger partial charge is 0.242 e. The molecule has 4 nitrogen and oxygen atoms in total. The summed E-state index contributed by atoms with van der Waals surface area (Å²) in [5, 5.41) is 0. The molecule has 0 saturated carbocycles. The van der Waals surface area contributed by atoms with E-state index in [9.17, 15) is 12.8 Å². The lowest BCUT2D eigenvalue weighted by Gasteiger charge is -2.14. The van der Waals surface area contributed by atoms with Crippen molar-refractivity contribution in [3.05, 3.63) is 24.0 Å². The lowest BCUT2D eigenvalue weighted by atomic mass is 10.3. The van der Waals surface area contributed by atoms with E-state index in [-0.39, 0.29) is 10.6 Å². The first-order valence-corrected chi connectivity index (χ1v) is 5.85. The average Bonchev–Trinajstić information content (AvgIpc) is 2.20. The summed E-state index contributed by atoms with van der Waals surface area (Å²) in [6.45, 7) is 2.03. The Morgan fingerprint density at radius 1 is 1.47 bits per heavy atom. The molecule has 0 unspecified atom stereocenters. The average molecular weight is 232 g/mol. The molecule has 0 aliphatic heterocycles. The van der Waals surface area contributed by atoms with Gasteiger partial charge in [0.05, 0.1) is 10.6 Å². The fraction of sp³-hybridized carbons (Fsp3) is 0.333. The SMILES string of the molecule is CCN(C)S(=O)(=O)c1ccc(N)c(F)c1. The molecule has 0 aromatic heterocycles. The standard InChI is InChI=1S/C9H13FN2O2S/c1-3-12(2)15(13,14)7-4-5-9(11)8(10)6-7/h4-6H,3,11H2,1-2H3. The highest BCUT2D eigenvalue weighted by Crippen LogP contribution is 2.18. The van der Waals surface area contributed by atoms with Crippen molar-refractivity contribution in [1.82, 2.24) is 4.31 Å². The molecule has 0 heterocycles. The van der Waals surface area contributed by atoms with E-state index in [0.717, 1.165) is 10.4 Å². The van der Waals surface area contributed by atoms with E-state index in [1.165, 1.54) is 19.2 Å².